The van der Waals surface area contributed by atoms with Gasteiger partial charge in [0.2, 0.25) is 0 Å². The maximum Gasteiger partial charge on any atom is 0.00722 e. The van der Waals surface area contributed by atoms with E-state index in [4.69, 9.17) is 0 Å². The molecule has 0 aromatic heterocycles. The van der Waals surface area contributed by atoms with Crippen LogP contribution in [0.25, 0.3) is 0 Å². The van der Waals surface area contributed by atoms with Gasteiger partial charge in [0.15, 0.2) is 0 Å². The SMILES string of the molecule is CCCNC(CC(C)CCC)CC1CCCCCC1. The van der Waals surface area contributed by atoms with E-state index in [-0.39, 0.29) is 0 Å². The summed E-state index contributed by atoms with van der Waals surface area (Å²) in [6, 6.07) is 0.782. The topological polar surface area (TPSA) is 12.0 Å². The van der Waals surface area contributed by atoms with E-state index in [1.54, 1.807) is 0 Å². The fourth-order valence-corrected chi connectivity index (χ4v) is 3.71. The highest BCUT2D eigenvalue weighted by molar-refractivity contribution is 4.76. The maximum absolute atomic E-state index is 3.83. The Morgan fingerprint density at radius 1 is 1.00 bits per heavy atom. The van der Waals surface area contributed by atoms with Gasteiger partial charge in [0.05, 0.1) is 0 Å². The maximum atomic E-state index is 3.83. The Bertz CT molecular complexity index is 194. The highest BCUT2D eigenvalue weighted by Gasteiger charge is 2.19. The lowest BCUT2D eigenvalue weighted by atomic mass is 9.87. The summed E-state index contributed by atoms with van der Waals surface area (Å²) in [4.78, 5) is 0. The average molecular weight is 268 g/mol. The molecule has 0 radical (unpaired) electrons. The van der Waals surface area contributed by atoms with Crippen LogP contribution in [0.1, 0.15) is 91.4 Å². The molecule has 2 unspecified atom stereocenters. The van der Waals surface area contributed by atoms with Crippen molar-refractivity contribution in [3.8, 4) is 0 Å². The zero-order valence-corrected chi connectivity index (χ0v) is 13.7. The number of rotatable bonds is 9. The van der Waals surface area contributed by atoms with Crippen molar-refractivity contribution in [2.75, 3.05) is 6.54 Å². The first kappa shape index (κ1) is 17.0. The van der Waals surface area contributed by atoms with Crippen LogP contribution in [0, 0.1) is 11.8 Å². The third-order valence-corrected chi connectivity index (χ3v) is 4.74. The van der Waals surface area contributed by atoms with Crippen LogP contribution in [-0.4, -0.2) is 12.6 Å². The van der Waals surface area contributed by atoms with Gasteiger partial charge in [0, 0.05) is 6.04 Å². The molecule has 0 spiro atoms. The summed E-state index contributed by atoms with van der Waals surface area (Å²) in [5.74, 6) is 1.90. The molecule has 0 saturated heterocycles. The molecule has 1 heteroatoms. The molecule has 1 aliphatic rings. The van der Waals surface area contributed by atoms with E-state index in [0.717, 1.165) is 17.9 Å². The van der Waals surface area contributed by atoms with Crippen molar-refractivity contribution < 1.29 is 0 Å². The quantitative estimate of drug-likeness (QED) is 0.541. The molecule has 2 atom stereocenters. The fraction of sp³-hybridized carbons (Fsp3) is 1.00. The van der Waals surface area contributed by atoms with Crippen LogP contribution in [0.15, 0.2) is 0 Å². The van der Waals surface area contributed by atoms with Crippen LogP contribution < -0.4 is 5.32 Å². The second-order valence-electron chi connectivity index (χ2n) is 6.87. The predicted octanol–water partition coefficient (Wildman–Crippen LogP) is 5.54. The predicted molar refractivity (Wildman–Crippen MR) is 86.6 cm³/mol. The van der Waals surface area contributed by atoms with Gasteiger partial charge in [-0.1, -0.05) is 72.1 Å². The fourth-order valence-electron chi connectivity index (χ4n) is 3.71. The van der Waals surface area contributed by atoms with Crippen molar-refractivity contribution >= 4 is 0 Å². The minimum Gasteiger partial charge on any atom is -0.314 e. The third-order valence-electron chi connectivity index (χ3n) is 4.74. The third kappa shape index (κ3) is 7.97. The second-order valence-corrected chi connectivity index (χ2v) is 6.87. The normalized spacial score (nSPS) is 21.0. The summed E-state index contributed by atoms with van der Waals surface area (Å²) < 4.78 is 0. The van der Waals surface area contributed by atoms with E-state index in [9.17, 15) is 0 Å². The summed E-state index contributed by atoms with van der Waals surface area (Å²) in [6.45, 7) is 8.24. The molecular formula is C18H37N. The van der Waals surface area contributed by atoms with Crippen molar-refractivity contribution in [3.63, 3.8) is 0 Å². The first-order valence-electron chi connectivity index (χ1n) is 8.99. The second kappa shape index (κ2) is 10.7. The van der Waals surface area contributed by atoms with E-state index in [0.29, 0.717) is 0 Å². The molecule has 0 amide bonds. The highest BCUT2D eigenvalue weighted by Crippen LogP contribution is 2.28. The standard InChI is InChI=1S/C18H37N/c1-4-10-16(3)14-18(19-13-5-2)15-17-11-8-6-7-9-12-17/h16-19H,4-15H2,1-3H3. The van der Waals surface area contributed by atoms with Crippen LogP contribution in [0.5, 0.6) is 0 Å². The van der Waals surface area contributed by atoms with Crippen molar-refractivity contribution in [2.45, 2.75) is 97.4 Å². The molecule has 1 N–H and O–H groups in total. The van der Waals surface area contributed by atoms with E-state index in [2.05, 4.69) is 26.1 Å². The minimum absolute atomic E-state index is 0.782. The van der Waals surface area contributed by atoms with Gasteiger partial charge in [-0.25, -0.2) is 0 Å². The minimum atomic E-state index is 0.782. The van der Waals surface area contributed by atoms with Crippen molar-refractivity contribution in [2.24, 2.45) is 11.8 Å². The van der Waals surface area contributed by atoms with Gasteiger partial charge >= 0.3 is 0 Å². The van der Waals surface area contributed by atoms with Crippen LogP contribution >= 0.6 is 0 Å². The zero-order valence-electron chi connectivity index (χ0n) is 13.7. The molecule has 1 aliphatic carbocycles. The Balaban J connectivity index is 2.37. The van der Waals surface area contributed by atoms with Crippen LogP contribution in [-0.2, 0) is 0 Å². The van der Waals surface area contributed by atoms with Gasteiger partial charge < -0.3 is 5.32 Å². The van der Waals surface area contributed by atoms with Gasteiger partial charge in [0.25, 0.3) is 0 Å². The lowest BCUT2D eigenvalue weighted by Gasteiger charge is -2.26. The molecule has 1 saturated carbocycles. The summed E-state index contributed by atoms with van der Waals surface area (Å²) in [5, 5.41) is 3.83. The number of hydrogen-bond donors (Lipinski definition) is 1. The largest absolute Gasteiger partial charge is 0.314 e. The Hall–Kier alpha value is -0.0400. The summed E-state index contributed by atoms with van der Waals surface area (Å²) in [6.07, 6.45) is 15.7. The van der Waals surface area contributed by atoms with Gasteiger partial charge in [-0.3, -0.25) is 0 Å². The molecule has 0 bridgehead atoms. The molecule has 114 valence electrons. The number of hydrogen-bond acceptors (Lipinski definition) is 1. The lowest BCUT2D eigenvalue weighted by molar-refractivity contribution is 0.304. The van der Waals surface area contributed by atoms with Crippen LogP contribution in [0.4, 0.5) is 0 Å². The van der Waals surface area contributed by atoms with Gasteiger partial charge in [-0.15, -0.1) is 0 Å². The molecule has 0 heterocycles. The Kier molecular flexibility index (Phi) is 9.59. The van der Waals surface area contributed by atoms with Crippen molar-refractivity contribution in [1.82, 2.24) is 5.32 Å². The van der Waals surface area contributed by atoms with Crippen LogP contribution in [0.2, 0.25) is 0 Å². The summed E-state index contributed by atoms with van der Waals surface area (Å²) >= 11 is 0. The summed E-state index contributed by atoms with van der Waals surface area (Å²) in [7, 11) is 0. The monoisotopic (exact) mass is 267 g/mol. The van der Waals surface area contributed by atoms with E-state index >= 15 is 0 Å². The van der Waals surface area contributed by atoms with Gasteiger partial charge in [-0.05, 0) is 37.6 Å². The first-order chi connectivity index (χ1) is 9.26. The van der Waals surface area contributed by atoms with E-state index < -0.39 is 0 Å². The Morgan fingerprint density at radius 2 is 1.68 bits per heavy atom. The number of nitrogens with one attached hydrogen (secondary N) is 1. The van der Waals surface area contributed by atoms with Crippen molar-refractivity contribution in [1.29, 1.82) is 0 Å². The first-order valence-corrected chi connectivity index (χ1v) is 8.99. The molecule has 1 rings (SSSR count). The molecule has 1 fully saturated rings. The highest BCUT2D eigenvalue weighted by atomic mass is 14.9. The molecular weight excluding hydrogens is 230 g/mol. The average Bonchev–Trinajstić information content (AvgIpc) is 2.65. The van der Waals surface area contributed by atoms with E-state index in [1.807, 2.05) is 0 Å². The molecule has 19 heavy (non-hydrogen) atoms. The Labute approximate surface area is 121 Å². The summed E-state index contributed by atoms with van der Waals surface area (Å²) in [5.41, 5.74) is 0. The molecule has 0 aliphatic heterocycles. The molecule has 0 aromatic rings. The van der Waals surface area contributed by atoms with E-state index in [1.165, 1.54) is 77.2 Å². The smallest absolute Gasteiger partial charge is 0.00722 e. The van der Waals surface area contributed by atoms with Crippen molar-refractivity contribution in [3.05, 3.63) is 0 Å². The van der Waals surface area contributed by atoms with Gasteiger partial charge in [0.1, 0.15) is 0 Å². The van der Waals surface area contributed by atoms with Crippen LogP contribution in [0.3, 0.4) is 0 Å². The Morgan fingerprint density at radius 3 is 2.26 bits per heavy atom. The molecule has 0 aromatic carbocycles. The zero-order chi connectivity index (χ0) is 13.9. The lowest BCUT2D eigenvalue weighted by Crippen LogP contribution is -2.33. The molecule has 1 nitrogen and oxygen atoms in total. The van der Waals surface area contributed by atoms with Gasteiger partial charge in [-0.2, -0.15) is 0 Å².